The molecule has 0 spiro atoms. The normalized spacial score (nSPS) is 9.58. The van der Waals surface area contributed by atoms with Crippen molar-refractivity contribution < 1.29 is 51.1 Å². The minimum Gasteiger partial charge on any atom is -1.00 e. The van der Waals surface area contributed by atoms with Crippen molar-refractivity contribution in [1.82, 2.24) is 4.90 Å². The zero-order valence-corrected chi connectivity index (χ0v) is 9.23. The largest absolute Gasteiger partial charge is 1.00 e. The minimum absolute atomic E-state index is 0. The SMILES string of the molecule is O=C(O)CN(CCO)CCO.[H-].[Na+]. The molecule has 0 amide bonds. The Morgan fingerprint density at radius 1 is 1.25 bits per heavy atom. The smallest absolute Gasteiger partial charge is 1.00 e. The molecule has 0 atom stereocenters. The Morgan fingerprint density at radius 2 is 1.67 bits per heavy atom. The van der Waals surface area contributed by atoms with Gasteiger partial charge in [0.05, 0.1) is 19.8 Å². The van der Waals surface area contributed by atoms with Crippen molar-refractivity contribution in [1.29, 1.82) is 0 Å². The number of carbonyl (C=O) groups is 1. The van der Waals surface area contributed by atoms with E-state index in [0.717, 1.165) is 0 Å². The Morgan fingerprint density at radius 3 is 1.92 bits per heavy atom. The summed E-state index contributed by atoms with van der Waals surface area (Å²) in [6.07, 6.45) is 0. The van der Waals surface area contributed by atoms with Gasteiger partial charge in [-0.15, -0.1) is 0 Å². The molecule has 0 aromatic heterocycles. The van der Waals surface area contributed by atoms with E-state index >= 15 is 0 Å². The molecule has 0 aliphatic carbocycles. The Bertz CT molecular complexity index is 121. The summed E-state index contributed by atoms with van der Waals surface area (Å²) in [6, 6.07) is 0. The first-order valence-corrected chi connectivity index (χ1v) is 3.36. The van der Waals surface area contributed by atoms with E-state index in [2.05, 4.69) is 0 Å². The van der Waals surface area contributed by atoms with Gasteiger partial charge in [0.2, 0.25) is 0 Å². The molecule has 0 aromatic rings. The molecule has 0 aromatic carbocycles. The molecule has 0 rings (SSSR count). The van der Waals surface area contributed by atoms with Crippen LogP contribution in [0.15, 0.2) is 0 Å². The number of aliphatic carboxylic acids is 1. The zero-order chi connectivity index (χ0) is 8.69. The molecule has 0 aliphatic rings. The van der Waals surface area contributed by atoms with E-state index in [4.69, 9.17) is 15.3 Å². The van der Waals surface area contributed by atoms with Crippen molar-refractivity contribution in [3.8, 4) is 0 Å². The molecule has 0 saturated carbocycles. The van der Waals surface area contributed by atoms with Crippen molar-refractivity contribution in [2.75, 3.05) is 32.8 Å². The van der Waals surface area contributed by atoms with Crippen LogP contribution in [0.2, 0.25) is 0 Å². The maximum atomic E-state index is 10.2. The summed E-state index contributed by atoms with van der Waals surface area (Å²) in [6.45, 7) is 0.251. The van der Waals surface area contributed by atoms with Crippen LogP contribution in [0.1, 0.15) is 1.43 Å². The first kappa shape index (κ1) is 14.9. The number of hydrogen-bond donors (Lipinski definition) is 3. The molecule has 0 saturated heterocycles. The second kappa shape index (κ2) is 9.44. The second-order valence-electron chi connectivity index (χ2n) is 2.12. The number of carboxylic acid groups (broad SMARTS) is 1. The maximum absolute atomic E-state index is 10.2. The number of nitrogens with zero attached hydrogens (tertiary/aromatic N) is 1. The number of carboxylic acids is 1. The third-order valence-electron chi connectivity index (χ3n) is 1.19. The molecular weight excluding hydrogens is 173 g/mol. The monoisotopic (exact) mass is 187 g/mol. The van der Waals surface area contributed by atoms with E-state index in [-0.39, 0.29) is 63.8 Å². The molecule has 0 aliphatic heterocycles. The van der Waals surface area contributed by atoms with Gasteiger partial charge in [-0.25, -0.2) is 0 Å². The zero-order valence-electron chi connectivity index (χ0n) is 8.23. The summed E-state index contributed by atoms with van der Waals surface area (Å²) in [4.78, 5) is 11.6. The van der Waals surface area contributed by atoms with Crippen LogP contribution >= 0.6 is 0 Å². The second-order valence-corrected chi connectivity index (χ2v) is 2.12. The summed E-state index contributed by atoms with van der Waals surface area (Å²) in [7, 11) is 0. The predicted molar refractivity (Wildman–Crippen MR) is 39.4 cm³/mol. The molecule has 3 N–H and O–H groups in total. The first-order chi connectivity index (χ1) is 5.20. The minimum atomic E-state index is -0.952. The van der Waals surface area contributed by atoms with Gasteiger partial charge in [0.1, 0.15) is 0 Å². The molecule has 0 fully saturated rings. The van der Waals surface area contributed by atoms with E-state index in [1.807, 2.05) is 0 Å². The molecule has 0 heterocycles. The molecule has 68 valence electrons. The van der Waals surface area contributed by atoms with Crippen molar-refractivity contribution in [2.24, 2.45) is 0 Å². The number of aliphatic hydroxyl groups excluding tert-OH is 2. The fourth-order valence-corrected chi connectivity index (χ4v) is 0.744. The Kier molecular flexibility index (Phi) is 11.7. The van der Waals surface area contributed by atoms with Crippen LogP contribution in [0.25, 0.3) is 0 Å². The molecule has 12 heavy (non-hydrogen) atoms. The van der Waals surface area contributed by atoms with Crippen LogP contribution in [0, 0.1) is 0 Å². The van der Waals surface area contributed by atoms with E-state index in [0.29, 0.717) is 0 Å². The van der Waals surface area contributed by atoms with Crippen LogP contribution in [-0.2, 0) is 4.79 Å². The third kappa shape index (κ3) is 8.45. The van der Waals surface area contributed by atoms with Crippen molar-refractivity contribution >= 4 is 5.97 Å². The fraction of sp³-hybridized carbons (Fsp3) is 0.833. The molecule has 0 radical (unpaired) electrons. The van der Waals surface area contributed by atoms with Gasteiger partial charge in [0.25, 0.3) is 0 Å². The number of hydrogen-bond acceptors (Lipinski definition) is 4. The standard InChI is InChI=1S/C6H13NO4.Na.H/c8-3-1-7(2-4-9)5-6(10)11;;/h8-9H,1-5H2,(H,10,11);;/q;+1;-1. The van der Waals surface area contributed by atoms with Gasteiger partial charge in [-0.3, -0.25) is 9.69 Å². The summed E-state index contributed by atoms with van der Waals surface area (Å²) < 4.78 is 0. The average molecular weight is 187 g/mol. The molecular formula is C6H14NNaO4. The van der Waals surface area contributed by atoms with Crippen molar-refractivity contribution in [3.63, 3.8) is 0 Å². The summed E-state index contributed by atoms with van der Waals surface area (Å²) >= 11 is 0. The van der Waals surface area contributed by atoms with E-state index in [9.17, 15) is 4.79 Å². The van der Waals surface area contributed by atoms with E-state index in [1.54, 1.807) is 0 Å². The molecule has 6 heteroatoms. The van der Waals surface area contributed by atoms with E-state index in [1.165, 1.54) is 4.90 Å². The Hall–Kier alpha value is 0.350. The van der Waals surface area contributed by atoms with Gasteiger partial charge in [0, 0.05) is 13.1 Å². The van der Waals surface area contributed by atoms with Gasteiger partial charge >= 0.3 is 35.5 Å². The number of rotatable bonds is 6. The van der Waals surface area contributed by atoms with Crippen LogP contribution in [0.3, 0.4) is 0 Å². The predicted octanol–water partition coefficient (Wildman–Crippen LogP) is -4.53. The quantitative estimate of drug-likeness (QED) is 0.365. The topological polar surface area (TPSA) is 81.0 Å². The number of aliphatic hydroxyl groups is 2. The maximum Gasteiger partial charge on any atom is 1.00 e. The fourth-order valence-electron chi connectivity index (χ4n) is 0.744. The van der Waals surface area contributed by atoms with Gasteiger partial charge in [-0.1, -0.05) is 0 Å². The summed E-state index contributed by atoms with van der Waals surface area (Å²) in [5, 5.41) is 25.3. The molecule has 0 bridgehead atoms. The van der Waals surface area contributed by atoms with Crippen molar-refractivity contribution in [2.45, 2.75) is 0 Å². The first-order valence-electron chi connectivity index (χ1n) is 3.36. The van der Waals surface area contributed by atoms with Crippen LogP contribution in [0.5, 0.6) is 0 Å². The van der Waals surface area contributed by atoms with Gasteiger partial charge in [-0.2, -0.15) is 0 Å². The Labute approximate surface area is 94.8 Å². The van der Waals surface area contributed by atoms with Gasteiger partial charge in [0.15, 0.2) is 0 Å². The van der Waals surface area contributed by atoms with Gasteiger partial charge in [-0.05, 0) is 0 Å². The summed E-state index contributed by atoms with van der Waals surface area (Å²) in [5.41, 5.74) is 0. The van der Waals surface area contributed by atoms with E-state index < -0.39 is 5.97 Å². The average Bonchev–Trinajstić information content (AvgIpc) is 1.87. The van der Waals surface area contributed by atoms with Crippen LogP contribution in [0.4, 0.5) is 0 Å². The molecule has 0 unspecified atom stereocenters. The molecule has 5 nitrogen and oxygen atoms in total. The van der Waals surface area contributed by atoms with Crippen LogP contribution in [-0.4, -0.2) is 59.0 Å². The van der Waals surface area contributed by atoms with Crippen LogP contribution < -0.4 is 29.6 Å². The van der Waals surface area contributed by atoms with Crippen molar-refractivity contribution in [3.05, 3.63) is 0 Å². The third-order valence-corrected chi connectivity index (χ3v) is 1.19. The Balaban J connectivity index is -0.000000500. The van der Waals surface area contributed by atoms with Gasteiger partial charge < -0.3 is 16.7 Å². The summed E-state index contributed by atoms with van der Waals surface area (Å²) in [5.74, 6) is -0.952.